The lowest BCUT2D eigenvalue weighted by atomic mass is 9.87. The molecule has 0 aromatic rings. The zero-order chi connectivity index (χ0) is 34.2. The van der Waals surface area contributed by atoms with Crippen molar-refractivity contribution in [3.8, 4) is 0 Å². The van der Waals surface area contributed by atoms with Crippen molar-refractivity contribution in [1.82, 2.24) is 0 Å². The number of unbranched alkanes of at least 4 members (excludes halogenated alkanes) is 12. The molecule has 0 aliphatic rings. The maximum Gasteiger partial charge on any atom is 0.460 e. The molecule has 0 amide bonds. The Bertz CT molecular complexity index is 808. The molecule has 0 saturated heterocycles. The van der Waals surface area contributed by atoms with E-state index < -0.39 is 58.0 Å². The van der Waals surface area contributed by atoms with Crippen LogP contribution in [0, 0.1) is 0 Å². The predicted molar refractivity (Wildman–Crippen MR) is 133 cm³/mol. The van der Waals surface area contributed by atoms with Crippen LogP contribution < -0.4 is 0 Å². The molecule has 0 nitrogen and oxygen atoms in total. The molecule has 0 N–H and O–H groups in total. The summed E-state index contributed by atoms with van der Waals surface area (Å²) < 4.78 is 226. The van der Waals surface area contributed by atoms with Crippen LogP contribution >= 0.6 is 22.6 Å². The highest BCUT2D eigenvalue weighted by atomic mass is 127. The second-order valence-corrected chi connectivity index (χ2v) is 12.2. The molecule has 43 heavy (non-hydrogen) atoms. The SMILES string of the molecule is CCCCCCCCCCCCCCCC(I)CC(F)(F)C(F)(F)C(F)(F)C(F)(F)C(F)(F)C(F)(F)C(F)(F)C(F)(F)F. The average Bonchev–Trinajstić information content (AvgIpc) is 2.85. The number of alkyl halides is 18. The first-order valence-electron chi connectivity index (χ1n) is 13.6. The number of hydrogen-bond acceptors (Lipinski definition) is 0. The van der Waals surface area contributed by atoms with E-state index in [0.29, 0.717) is 12.8 Å². The van der Waals surface area contributed by atoms with Gasteiger partial charge in [0.1, 0.15) is 0 Å². The van der Waals surface area contributed by atoms with Crippen molar-refractivity contribution in [2.45, 2.75) is 155 Å². The highest BCUT2D eigenvalue weighted by molar-refractivity contribution is 14.1. The molecule has 0 aromatic carbocycles. The zero-order valence-electron chi connectivity index (χ0n) is 23.0. The minimum atomic E-state index is -8.58. The van der Waals surface area contributed by atoms with Gasteiger partial charge < -0.3 is 0 Å². The van der Waals surface area contributed by atoms with Crippen molar-refractivity contribution in [3.05, 3.63) is 0 Å². The third-order valence-electron chi connectivity index (χ3n) is 6.89. The minimum Gasteiger partial charge on any atom is -0.200 e. The zero-order valence-corrected chi connectivity index (χ0v) is 25.1. The van der Waals surface area contributed by atoms with Gasteiger partial charge in [-0.3, -0.25) is 0 Å². The van der Waals surface area contributed by atoms with Gasteiger partial charge in [0.2, 0.25) is 0 Å². The Labute approximate surface area is 252 Å². The average molecular weight is 784 g/mol. The third-order valence-corrected chi connectivity index (χ3v) is 7.95. The van der Waals surface area contributed by atoms with E-state index in [1.165, 1.54) is 12.8 Å². The highest BCUT2D eigenvalue weighted by Gasteiger charge is 2.95. The van der Waals surface area contributed by atoms with Crippen LogP contribution in [0.5, 0.6) is 0 Å². The van der Waals surface area contributed by atoms with Crippen LogP contribution in [-0.4, -0.2) is 51.6 Å². The number of hydrogen-bond donors (Lipinski definition) is 0. The molecule has 0 radical (unpaired) electrons. The molecule has 1 atom stereocenters. The molecule has 0 fully saturated rings. The third kappa shape index (κ3) is 9.53. The summed E-state index contributed by atoms with van der Waals surface area (Å²) in [6.45, 7) is 2.10. The molecule has 0 aliphatic carbocycles. The van der Waals surface area contributed by atoms with E-state index in [4.69, 9.17) is 0 Å². The Morgan fingerprint density at radius 3 is 1.00 bits per heavy atom. The first-order chi connectivity index (χ1) is 19.2. The van der Waals surface area contributed by atoms with Crippen LogP contribution in [0.15, 0.2) is 0 Å². The van der Waals surface area contributed by atoms with Gasteiger partial charge in [-0.05, 0) is 6.42 Å². The van der Waals surface area contributed by atoms with E-state index in [0.717, 1.165) is 74.0 Å². The number of rotatable bonds is 22. The highest BCUT2D eigenvalue weighted by Crippen LogP contribution is 2.64. The fourth-order valence-corrected chi connectivity index (χ4v) is 5.08. The smallest absolute Gasteiger partial charge is 0.200 e. The second-order valence-electron chi connectivity index (χ2n) is 10.5. The molecule has 0 aliphatic heterocycles. The Morgan fingerprint density at radius 1 is 0.395 bits per heavy atom. The molecule has 0 heterocycles. The minimum absolute atomic E-state index is 0.0794. The molecule has 1 unspecified atom stereocenters. The van der Waals surface area contributed by atoms with Crippen LogP contribution in [0.3, 0.4) is 0 Å². The van der Waals surface area contributed by atoms with Gasteiger partial charge in [-0.25, -0.2) is 0 Å². The molecule has 0 saturated carbocycles. The topological polar surface area (TPSA) is 0 Å². The summed E-state index contributed by atoms with van der Waals surface area (Å²) in [6, 6.07) is 0. The molecule has 0 bridgehead atoms. The van der Waals surface area contributed by atoms with Gasteiger partial charge >= 0.3 is 47.6 Å². The summed E-state index contributed by atoms with van der Waals surface area (Å²) in [5, 5.41) is 0. The summed E-state index contributed by atoms with van der Waals surface area (Å²) in [4.78, 5) is 0. The van der Waals surface area contributed by atoms with Crippen molar-refractivity contribution in [3.63, 3.8) is 0 Å². The van der Waals surface area contributed by atoms with Gasteiger partial charge in [-0.1, -0.05) is 113 Å². The van der Waals surface area contributed by atoms with E-state index in [1.807, 2.05) is 0 Å². The van der Waals surface area contributed by atoms with Crippen molar-refractivity contribution >= 4 is 22.6 Å². The fraction of sp³-hybridized carbons (Fsp3) is 1.00. The maximum atomic E-state index is 14.1. The Balaban J connectivity index is 5.18. The summed E-state index contributed by atoms with van der Waals surface area (Å²) in [7, 11) is 0. The van der Waals surface area contributed by atoms with Crippen molar-refractivity contribution in [2.24, 2.45) is 0 Å². The lowest BCUT2D eigenvalue weighted by Gasteiger charge is -2.43. The first kappa shape index (κ1) is 42.5. The summed E-state index contributed by atoms with van der Waals surface area (Å²) in [5.74, 6) is -55.8. The van der Waals surface area contributed by atoms with Gasteiger partial charge in [0.15, 0.2) is 0 Å². The first-order valence-corrected chi connectivity index (χ1v) is 14.8. The lowest BCUT2D eigenvalue weighted by molar-refractivity contribution is -0.461. The van der Waals surface area contributed by atoms with Crippen molar-refractivity contribution in [2.75, 3.05) is 0 Å². The van der Waals surface area contributed by atoms with E-state index >= 15 is 0 Å². The van der Waals surface area contributed by atoms with Crippen molar-refractivity contribution < 1.29 is 74.6 Å². The van der Waals surface area contributed by atoms with Crippen LogP contribution in [0.1, 0.15) is 103 Å². The van der Waals surface area contributed by atoms with Gasteiger partial charge in [0.25, 0.3) is 0 Å². The second kappa shape index (κ2) is 15.9. The molecule has 260 valence electrons. The molecular formula is C25H34F17I. The monoisotopic (exact) mass is 784 g/mol. The summed E-state index contributed by atoms with van der Waals surface area (Å²) in [6.07, 6.45) is 0.965. The molecular weight excluding hydrogens is 750 g/mol. The Hall–Kier alpha value is -0.460. The van der Waals surface area contributed by atoms with E-state index in [1.54, 1.807) is 0 Å². The van der Waals surface area contributed by atoms with Gasteiger partial charge in [0, 0.05) is 10.3 Å². The van der Waals surface area contributed by atoms with Crippen LogP contribution in [0.25, 0.3) is 0 Å². The van der Waals surface area contributed by atoms with Crippen LogP contribution in [0.2, 0.25) is 0 Å². The normalized spacial score (nSPS) is 15.7. The lowest BCUT2D eigenvalue weighted by Crippen LogP contribution is -2.74. The van der Waals surface area contributed by atoms with Crippen LogP contribution in [0.4, 0.5) is 74.6 Å². The summed E-state index contributed by atoms with van der Waals surface area (Å²) in [5.41, 5.74) is 0. The molecule has 18 heteroatoms. The number of halogens is 18. The Morgan fingerprint density at radius 2 is 0.674 bits per heavy atom. The fourth-order valence-electron chi connectivity index (χ4n) is 4.09. The van der Waals surface area contributed by atoms with Crippen molar-refractivity contribution in [1.29, 1.82) is 0 Å². The van der Waals surface area contributed by atoms with E-state index in [9.17, 15) is 74.6 Å². The van der Waals surface area contributed by atoms with Gasteiger partial charge in [0.05, 0.1) is 0 Å². The standard InChI is InChI=1S/C25H34F17I/c1-2-3-4-5-6-7-8-9-10-11-12-13-14-15-17(43)16-18(26,27)19(28,29)20(30,31)21(32,33)22(34,35)23(36,37)24(38,39)25(40,41)42/h17H,2-16H2,1H3. The largest absolute Gasteiger partial charge is 0.460 e. The van der Waals surface area contributed by atoms with Gasteiger partial charge in [-0.15, -0.1) is 0 Å². The Kier molecular flexibility index (Phi) is 15.7. The summed E-state index contributed by atoms with van der Waals surface area (Å²) >= 11 is 1.06. The van der Waals surface area contributed by atoms with Crippen LogP contribution in [-0.2, 0) is 0 Å². The molecule has 0 spiro atoms. The predicted octanol–water partition coefficient (Wildman–Crippen LogP) is 12.7. The molecule has 0 rings (SSSR count). The molecule has 0 aromatic heterocycles. The van der Waals surface area contributed by atoms with Gasteiger partial charge in [-0.2, -0.15) is 74.6 Å². The maximum absolute atomic E-state index is 14.1. The van der Waals surface area contributed by atoms with E-state index in [-0.39, 0.29) is 12.8 Å². The van der Waals surface area contributed by atoms with E-state index in [2.05, 4.69) is 6.92 Å². The quantitative estimate of drug-likeness (QED) is 0.0444.